The van der Waals surface area contributed by atoms with Crippen LogP contribution in [0.4, 0.5) is 13.2 Å². The zero-order chi connectivity index (χ0) is 22.2. The summed E-state index contributed by atoms with van der Waals surface area (Å²) in [7, 11) is 0. The van der Waals surface area contributed by atoms with Gasteiger partial charge in [0.05, 0.1) is 0 Å². The molecule has 0 atom stereocenters. The number of alkyl halides is 3. The van der Waals surface area contributed by atoms with Crippen molar-refractivity contribution in [1.29, 1.82) is 0 Å². The summed E-state index contributed by atoms with van der Waals surface area (Å²) in [5, 5.41) is 3.25. The molecule has 0 heterocycles. The molecule has 0 aromatic heterocycles. The average molecular weight is 446 g/mol. The molecule has 0 aliphatic rings. The number of ether oxygens (including phenoxy) is 1. The Morgan fingerprint density at radius 3 is 2.14 bits per heavy atom. The highest BCUT2D eigenvalue weighted by Gasteiger charge is 2.31. The number of allylic oxidation sites excluding steroid dienone is 3. The van der Waals surface area contributed by atoms with E-state index in [0.29, 0.717) is 5.16 Å². The molecule has 7 heteroatoms. The quantitative estimate of drug-likeness (QED) is 0.238. The lowest BCUT2D eigenvalue weighted by Crippen LogP contribution is -2.17. The van der Waals surface area contributed by atoms with E-state index in [1.165, 1.54) is 29.5 Å². The Balaban J connectivity index is 3.32. The van der Waals surface area contributed by atoms with Gasteiger partial charge in [0.1, 0.15) is 15.9 Å². The van der Waals surface area contributed by atoms with Crippen LogP contribution in [-0.2, 0) is 0 Å². The molecule has 29 heavy (non-hydrogen) atoms. The fourth-order valence-electron chi connectivity index (χ4n) is 2.05. The summed E-state index contributed by atoms with van der Waals surface area (Å²) in [4.78, 5) is 4.61. The lowest BCUT2D eigenvalue weighted by molar-refractivity contribution is -0.274. The van der Waals surface area contributed by atoms with E-state index in [2.05, 4.69) is 16.7 Å². The first-order valence-electron chi connectivity index (χ1n) is 9.28. The van der Waals surface area contributed by atoms with Crippen LogP contribution in [0.2, 0.25) is 0 Å². The largest absolute Gasteiger partial charge is 0.573 e. The zero-order valence-electron chi connectivity index (χ0n) is 17.6. The third-order valence-corrected chi connectivity index (χ3v) is 5.96. The van der Waals surface area contributed by atoms with Gasteiger partial charge in [-0.1, -0.05) is 54.9 Å². The predicted octanol–water partition coefficient (Wildman–Crippen LogP) is 8.70. The van der Waals surface area contributed by atoms with Crippen molar-refractivity contribution in [3.8, 4) is 5.75 Å². The number of nitrogens with zero attached hydrogens (tertiary/aromatic N) is 1. The van der Waals surface area contributed by atoms with E-state index in [4.69, 9.17) is 11.6 Å². The van der Waals surface area contributed by atoms with Crippen LogP contribution < -0.4 is 4.74 Å². The second-order valence-electron chi connectivity index (χ2n) is 6.60. The maximum Gasteiger partial charge on any atom is 0.573 e. The van der Waals surface area contributed by atoms with Gasteiger partial charge in [-0.3, -0.25) is 0 Å². The Labute approximate surface area is 180 Å². The van der Waals surface area contributed by atoms with Gasteiger partial charge < -0.3 is 4.74 Å². The number of thioether (sulfide) groups is 1. The number of benzene rings is 1. The van der Waals surface area contributed by atoms with Gasteiger partial charge in [-0.25, -0.2) is 4.99 Å². The highest BCUT2D eigenvalue weighted by Crippen LogP contribution is 2.29. The number of hydrogen-bond donors (Lipinski definition) is 0. The summed E-state index contributed by atoms with van der Waals surface area (Å²) in [6.07, 6.45) is -2.98. The SMILES string of the molecule is CC/C(C)=C/SC(=N/C(Cl)=C(/C)CC)/C(C)=C(\C)c1ccc(OC(F)(F)F)cc1. The van der Waals surface area contributed by atoms with E-state index in [9.17, 15) is 13.2 Å². The van der Waals surface area contributed by atoms with Crippen LogP contribution in [0.15, 0.2) is 56.5 Å². The molecule has 0 aliphatic carbocycles. The van der Waals surface area contributed by atoms with Crippen LogP contribution in [0, 0.1) is 0 Å². The highest BCUT2D eigenvalue weighted by atomic mass is 35.5. The average Bonchev–Trinajstić information content (AvgIpc) is 2.68. The Bertz CT molecular complexity index is 821. The van der Waals surface area contributed by atoms with Crippen LogP contribution in [0.3, 0.4) is 0 Å². The Hall–Kier alpha value is -1.66. The van der Waals surface area contributed by atoms with Crippen molar-refractivity contribution in [3.05, 3.63) is 57.1 Å². The fraction of sp³-hybridized carbons (Fsp3) is 0.409. The molecule has 0 fully saturated rings. The van der Waals surface area contributed by atoms with Gasteiger partial charge in [-0.2, -0.15) is 0 Å². The van der Waals surface area contributed by atoms with Crippen molar-refractivity contribution in [1.82, 2.24) is 0 Å². The van der Waals surface area contributed by atoms with Crippen molar-refractivity contribution in [2.75, 3.05) is 0 Å². The van der Waals surface area contributed by atoms with Gasteiger partial charge >= 0.3 is 6.36 Å². The molecule has 0 aliphatic heterocycles. The molecule has 0 spiro atoms. The topological polar surface area (TPSA) is 21.6 Å². The summed E-state index contributed by atoms with van der Waals surface area (Å²) >= 11 is 7.86. The van der Waals surface area contributed by atoms with E-state index in [1.807, 2.05) is 40.0 Å². The molecule has 0 saturated carbocycles. The maximum atomic E-state index is 12.4. The van der Waals surface area contributed by atoms with Gasteiger partial charge in [-0.05, 0) is 80.4 Å². The molecule has 0 unspecified atom stereocenters. The molecule has 0 saturated heterocycles. The summed E-state index contributed by atoms with van der Waals surface area (Å²) < 4.78 is 41.0. The van der Waals surface area contributed by atoms with Crippen molar-refractivity contribution in [2.45, 2.75) is 60.7 Å². The minimum atomic E-state index is -4.71. The molecule has 0 bridgehead atoms. The summed E-state index contributed by atoms with van der Waals surface area (Å²) in [5.41, 5.74) is 4.79. The van der Waals surface area contributed by atoms with E-state index in [1.54, 1.807) is 12.1 Å². The number of halogens is 4. The normalized spacial score (nSPS) is 15.1. The zero-order valence-corrected chi connectivity index (χ0v) is 19.1. The van der Waals surface area contributed by atoms with Crippen molar-refractivity contribution < 1.29 is 17.9 Å². The third kappa shape index (κ3) is 8.70. The number of aliphatic imine (C=N–C) groups is 1. The van der Waals surface area contributed by atoms with Crippen LogP contribution in [0.1, 0.15) is 59.9 Å². The molecule has 0 radical (unpaired) electrons. The predicted molar refractivity (Wildman–Crippen MR) is 119 cm³/mol. The Morgan fingerprint density at radius 1 is 1.07 bits per heavy atom. The van der Waals surface area contributed by atoms with E-state index in [-0.39, 0.29) is 5.75 Å². The van der Waals surface area contributed by atoms with Gasteiger partial charge in [-0.15, -0.1) is 13.2 Å². The first-order chi connectivity index (χ1) is 13.5. The van der Waals surface area contributed by atoms with Gasteiger partial charge in [0.2, 0.25) is 0 Å². The monoisotopic (exact) mass is 445 g/mol. The molecule has 1 aromatic carbocycles. The summed E-state index contributed by atoms with van der Waals surface area (Å²) in [5.74, 6) is -0.249. The first kappa shape index (κ1) is 25.4. The minimum absolute atomic E-state index is 0.249. The van der Waals surface area contributed by atoms with Crippen molar-refractivity contribution >= 4 is 34.0 Å². The van der Waals surface area contributed by atoms with Gasteiger partial charge in [0.25, 0.3) is 0 Å². The second-order valence-corrected chi connectivity index (χ2v) is 7.82. The van der Waals surface area contributed by atoms with Crippen LogP contribution in [-0.4, -0.2) is 11.4 Å². The molecule has 2 nitrogen and oxygen atoms in total. The Morgan fingerprint density at radius 2 is 1.66 bits per heavy atom. The lowest BCUT2D eigenvalue weighted by atomic mass is 10.0. The van der Waals surface area contributed by atoms with E-state index < -0.39 is 6.36 Å². The van der Waals surface area contributed by atoms with Crippen LogP contribution in [0.25, 0.3) is 5.57 Å². The molecular formula is C22H27ClF3NOS. The Kier molecular flexibility index (Phi) is 10.1. The number of rotatable bonds is 7. The molecule has 160 valence electrons. The molecule has 1 rings (SSSR count). The molecule has 0 N–H and O–H groups in total. The van der Waals surface area contributed by atoms with Gasteiger partial charge in [0, 0.05) is 0 Å². The minimum Gasteiger partial charge on any atom is -0.406 e. The summed E-state index contributed by atoms with van der Waals surface area (Å²) in [6.45, 7) is 11.9. The summed E-state index contributed by atoms with van der Waals surface area (Å²) in [6, 6.07) is 5.81. The first-order valence-corrected chi connectivity index (χ1v) is 10.5. The molecule has 0 amide bonds. The van der Waals surface area contributed by atoms with Gasteiger partial charge in [0.15, 0.2) is 0 Å². The molecular weight excluding hydrogens is 419 g/mol. The smallest absolute Gasteiger partial charge is 0.406 e. The van der Waals surface area contributed by atoms with Crippen molar-refractivity contribution in [3.63, 3.8) is 0 Å². The third-order valence-electron chi connectivity index (χ3n) is 4.42. The second kappa shape index (κ2) is 11.5. The van der Waals surface area contributed by atoms with Crippen LogP contribution in [0.5, 0.6) is 5.75 Å². The maximum absolute atomic E-state index is 12.4. The standard InChI is InChI=1S/C22H27ClF3NOS/c1-7-14(3)13-29-21(27-20(23)15(4)8-2)17(6)16(5)18-9-11-19(12-10-18)28-22(24,25)26/h9-13H,7-8H2,1-6H3/b14-13+,17-16+,20-15-,27-21+. The van der Waals surface area contributed by atoms with E-state index in [0.717, 1.165) is 40.2 Å². The van der Waals surface area contributed by atoms with Crippen LogP contribution >= 0.6 is 23.4 Å². The van der Waals surface area contributed by atoms with Crippen molar-refractivity contribution in [2.24, 2.45) is 4.99 Å². The molecule has 1 aromatic rings. The fourth-order valence-corrected chi connectivity index (χ4v) is 3.27. The number of hydrogen-bond acceptors (Lipinski definition) is 3. The highest BCUT2D eigenvalue weighted by molar-refractivity contribution is 8.16. The van der Waals surface area contributed by atoms with E-state index >= 15 is 0 Å². The lowest BCUT2D eigenvalue weighted by Gasteiger charge is -2.12.